The molecule has 19 heavy (non-hydrogen) atoms. The second-order valence-corrected chi connectivity index (χ2v) is 5.30. The van der Waals surface area contributed by atoms with E-state index < -0.39 is 11.7 Å². The molecule has 0 saturated heterocycles. The maximum absolute atomic E-state index is 11.3. The van der Waals surface area contributed by atoms with Gasteiger partial charge in [0.25, 0.3) is 0 Å². The summed E-state index contributed by atoms with van der Waals surface area (Å²) in [5.74, 6) is 0.738. The van der Waals surface area contributed by atoms with Crippen LogP contribution in [0.4, 0.5) is 4.79 Å². The van der Waals surface area contributed by atoms with Crippen molar-refractivity contribution in [3.05, 3.63) is 12.3 Å². The number of allylic oxidation sites excluding steroid dienone is 1. The highest BCUT2D eigenvalue weighted by molar-refractivity contribution is 5.67. The lowest BCUT2D eigenvalue weighted by molar-refractivity contribution is 0.0497. The molecule has 1 amide bonds. The average Bonchev–Trinajstić information content (AvgIpc) is 2.24. The highest BCUT2D eigenvalue weighted by Gasteiger charge is 2.15. The molecule has 0 aromatic carbocycles. The zero-order valence-electron chi connectivity index (χ0n) is 12.6. The number of rotatable bonds is 9. The van der Waals surface area contributed by atoms with E-state index in [1.54, 1.807) is 0 Å². The Morgan fingerprint density at radius 2 is 1.79 bits per heavy atom. The zero-order valence-corrected chi connectivity index (χ0v) is 12.6. The molecular weight excluding hydrogens is 246 g/mol. The molecule has 0 rings (SSSR count). The van der Waals surface area contributed by atoms with Crippen LogP contribution < -0.4 is 5.32 Å². The van der Waals surface area contributed by atoms with Crippen molar-refractivity contribution >= 4 is 6.09 Å². The number of alkyl carbamates (subject to hydrolysis) is 1. The Labute approximate surface area is 116 Å². The highest BCUT2D eigenvalue weighted by atomic mass is 16.6. The van der Waals surface area contributed by atoms with Crippen LogP contribution in [-0.4, -0.2) is 38.1 Å². The second kappa shape index (κ2) is 9.67. The molecule has 0 atom stereocenters. The van der Waals surface area contributed by atoms with Crippen molar-refractivity contribution in [2.75, 3.05) is 26.4 Å². The molecule has 0 aliphatic heterocycles. The summed E-state index contributed by atoms with van der Waals surface area (Å²) in [6, 6.07) is 0. The molecule has 0 bridgehead atoms. The third kappa shape index (κ3) is 14.7. The third-order valence-corrected chi connectivity index (χ3v) is 1.95. The molecular formula is C14H27NO4. The van der Waals surface area contributed by atoms with Crippen molar-refractivity contribution < 1.29 is 19.0 Å². The number of unbranched alkanes of at least 4 members (excludes halogenated alkanes) is 1. The van der Waals surface area contributed by atoms with Crippen LogP contribution in [0.5, 0.6) is 0 Å². The normalized spacial score (nSPS) is 10.9. The first-order valence-electron chi connectivity index (χ1n) is 6.64. The summed E-state index contributed by atoms with van der Waals surface area (Å²) < 4.78 is 15.7. The van der Waals surface area contributed by atoms with E-state index in [2.05, 4.69) is 11.9 Å². The molecule has 5 nitrogen and oxygen atoms in total. The van der Waals surface area contributed by atoms with E-state index >= 15 is 0 Å². The number of hydrogen-bond donors (Lipinski definition) is 1. The highest BCUT2D eigenvalue weighted by Crippen LogP contribution is 2.06. The monoisotopic (exact) mass is 273 g/mol. The second-order valence-electron chi connectivity index (χ2n) is 5.30. The van der Waals surface area contributed by atoms with Gasteiger partial charge >= 0.3 is 6.09 Å². The summed E-state index contributed by atoms with van der Waals surface area (Å²) in [6.07, 6.45) is 1.46. The van der Waals surface area contributed by atoms with E-state index in [1.807, 2.05) is 27.7 Å². The average molecular weight is 273 g/mol. The summed E-state index contributed by atoms with van der Waals surface area (Å²) >= 11 is 0. The summed E-state index contributed by atoms with van der Waals surface area (Å²) in [4.78, 5) is 11.3. The summed E-state index contributed by atoms with van der Waals surface area (Å²) in [7, 11) is 0. The Balaban J connectivity index is 3.27. The number of nitrogens with one attached hydrogen (secondary N) is 1. The Morgan fingerprint density at radius 1 is 1.16 bits per heavy atom. The first kappa shape index (κ1) is 17.8. The van der Waals surface area contributed by atoms with Gasteiger partial charge in [0.2, 0.25) is 0 Å². The predicted octanol–water partition coefficient (Wildman–Crippen LogP) is 2.86. The minimum absolute atomic E-state index is 0.411. The van der Waals surface area contributed by atoms with Gasteiger partial charge in [-0.05, 0) is 40.5 Å². The molecule has 0 saturated carbocycles. The van der Waals surface area contributed by atoms with Crippen molar-refractivity contribution in [3.63, 3.8) is 0 Å². The van der Waals surface area contributed by atoms with Crippen molar-refractivity contribution in [2.45, 2.75) is 46.1 Å². The molecule has 112 valence electrons. The number of ether oxygens (including phenoxy) is 3. The van der Waals surface area contributed by atoms with Crippen LogP contribution in [0.15, 0.2) is 12.3 Å². The zero-order chi connectivity index (χ0) is 14.7. The fourth-order valence-corrected chi connectivity index (χ4v) is 1.19. The minimum atomic E-state index is -0.464. The van der Waals surface area contributed by atoms with Crippen LogP contribution in [0.1, 0.15) is 40.5 Å². The van der Waals surface area contributed by atoms with E-state index in [1.165, 1.54) is 0 Å². The molecule has 0 aliphatic carbocycles. The Kier molecular flexibility index (Phi) is 9.04. The van der Waals surface area contributed by atoms with Crippen LogP contribution in [-0.2, 0) is 14.2 Å². The SMILES string of the molecule is C=C(C)OCCCCOCCNC(=O)OC(C)(C)C. The lowest BCUT2D eigenvalue weighted by Gasteiger charge is -2.19. The van der Waals surface area contributed by atoms with Gasteiger partial charge in [-0.15, -0.1) is 0 Å². The van der Waals surface area contributed by atoms with Gasteiger partial charge in [0, 0.05) is 13.2 Å². The number of amides is 1. The largest absolute Gasteiger partial charge is 0.499 e. The fraction of sp³-hybridized carbons (Fsp3) is 0.786. The van der Waals surface area contributed by atoms with E-state index in [0.717, 1.165) is 18.6 Å². The minimum Gasteiger partial charge on any atom is -0.499 e. The Bertz CT molecular complexity index is 271. The quantitative estimate of drug-likeness (QED) is 0.518. The first-order valence-corrected chi connectivity index (χ1v) is 6.64. The first-order chi connectivity index (χ1) is 8.81. The number of hydrogen-bond acceptors (Lipinski definition) is 4. The molecule has 0 aromatic rings. The molecule has 0 radical (unpaired) electrons. The van der Waals surface area contributed by atoms with Gasteiger partial charge in [-0.25, -0.2) is 4.79 Å². The molecule has 0 unspecified atom stereocenters. The van der Waals surface area contributed by atoms with Gasteiger partial charge < -0.3 is 19.5 Å². The smallest absolute Gasteiger partial charge is 0.407 e. The van der Waals surface area contributed by atoms with Crippen LogP contribution in [0, 0.1) is 0 Å². The molecule has 0 spiro atoms. The van der Waals surface area contributed by atoms with Crippen LogP contribution >= 0.6 is 0 Å². The Morgan fingerprint density at radius 3 is 2.37 bits per heavy atom. The summed E-state index contributed by atoms with van der Waals surface area (Å²) in [5.41, 5.74) is -0.464. The van der Waals surface area contributed by atoms with Gasteiger partial charge in [0.1, 0.15) is 5.60 Å². The van der Waals surface area contributed by atoms with Gasteiger partial charge in [-0.1, -0.05) is 6.58 Å². The Hall–Kier alpha value is -1.23. The molecule has 5 heteroatoms. The van der Waals surface area contributed by atoms with Crippen molar-refractivity contribution in [3.8, 4) is 0 Å². The standard InChI is InChI=1S/C14H27NO4/c1-12(2)18-10-7-6-9-17-11-8-15-13(16)19-14(3,4)5/h1,6-11H2,2-5H3,(H,15,16). The van der Waals surface area contributed by atoms with Crippen molar-refractivity contribution in [1.29, 1.82) is 0 Å². The van der Waals surface area contributed by atoms with Crippen LogP contribution in [0.3, 0.4) is 0 Å². The van der Waals surface area contributed by atoms with Crippen molar-refractivity contribution in [2.24, 2.45) is 0 Å². The van der Waals surface area contributed by atoms with Gasteiger partial charge in [0.15, 0.2) is 0 Å². The maximum Gasteiger partial charge on any atom is 0.407 e. The van der Waals surface area contributed by atoms with Gasteiger partial charge in [-0.3, -0.25) is 0 Å². The summed E-state index contributed by atoms with van der Waals surface area (Å²) in [5, 5.41) is 2.63. The molecule has 1 N–H and O–H groups in total. The summed E-state index contributed by atoms with van der Waals surface area (Å²) in [6.45, 7) is 13.3. The lowest BCUT2D eigenvalue weighted by atomic mass is 10.2. The molecule has 0 aliphatic rings. The van der Waals surface area contributed by atoms with E-state index in [0.29, 0.717) is 26.4 Å². The van der Waals surface area contributed by atoms with Crippen LogP contribution in [0.2, 0.25) is 0 Å². The fourth-order valence-electron chi connectivity index (χ4n) is 1.19. The third-order valence-electron chi connectivity index (χ3n) is 1.95. The molecule has 0 heterocycles. The lowest BCUT2D eigenvalue weighted by Crippen LogP contribution is -2.34. The molecule has 0 aromatic heterocycles. The van der Waals surface area contributed by atoms with Gasteiger partial charge in [-0.2, -0.15) is 0 Å². The predicted molar refractivity (Wildman–Crippen MR) is 75.1 cm³/mol. The van der Waals surface area contributed by atoms with Crippen molar-refractivity contribution in [1.82, 2.24) is 5.32 Å². The number of carbonyl (C=O) groups is 1. The maximum atomic E-state index is 11.3. The van der Waals surface area contributed by atoms with E-state index in [-0.39, 0.29) is 0 Å². The number of carbonyl (C=O) groups excluding carboxylic acids is 1. The van der Waals surface area contributed by atoms with E-state index in [4.69, 9.17) is 14.2 Å². The topological polar surface area (TPSA) is 56.8 Å². The van der Waals surface area contributed by atoms with E-state index in [9.17, 15) is 4.79 Å². The molecule has 0 fully saturated rings. The van der Waals surface area contributed by atoms with Gasteiger partial charge in [0.05, 0.1) is 19.0 Å². The van der Waals surface area contributed by atoms with Crippen LogP contribution in [0.25, 0.3) is 0 Å².